The zero-order valence-corrected chi connectivity index (χ0v) is 23.2. The molecule has 0 saturated heterocycles. The van der Waals surface area contributed by atoms with Crippen molar-refractivity contribution in [3.63, 3.8) is 0 Å². The van der Waals surface area contributed by atoms with Crippen molar-refractivity contribution in [1.82, 2.24) is 14.5 Å². The highest BCUT2D eigenvalue weighted by atomic mass is 16.2. The predicted molar refractivity (Wildman–Crippen MR) is 159 cm³/mol. The lowest BCUT2D eigenvalue weighted by molar-refractivity contribution is -0.147. The van der Waals surface area contributed by atoms with Crippen molar-refractivity contribution in [1.29, 1.82) is 0 Å². The SMILES string of the molecule is Cc1ccc(CC2(Cc3ccc(C)cc3)c3nc4ccccc4c(=O)n3[C@@H](C)C(=O)N2Cc2ccccc2)cc1. The standard InChI is InChI=1S/C35H33N3O2/c1-24-13-17-27(18-14-24)21-35(22-28-19-15-25(2)16-20-28)34-36-31-12-8-7-11-30(31)33(40)38(34)26(3)32(39)37(35)23-29-9-5-4-6-10-29/h4-20,26H,21-23H2,1-3H3/t26-/m0/s1. The lowest BCUT2D eigenvalue weighted by atomic mass is 9.79. The van der Waals surface area contributed by atoms with Crippen molar-refractivity contribution in [3.8, 4) is 0 Å². The molecule has 1 aliphatic heterocycles. The van der Waals surface area contributed by atoms with Gasteiger partial charge in [0, 0.05) is 19.4 Å². The van der Waals surface area contributed by atoms with Gasteiger partial charge in [-0.15, -0.1) is 0 Å². The number of aryl methyl sites for hydroxylation is 2. The van der Waals surface area contributed by atoms with Gasteiger partial charge >= 0.3 is 0 Å². The van der Waals surface area contributed by atoms with Crippen molar-refractivity contribution < 1.29 is 4.79 Å². The molecular weight excluding hydrogens is 494 g/mol. The number of rotatable bonds is 6. The van der Waals surface area contributed by atoms with Crippen LogP contribution in [0.5, 0.6) is 0 Å². The summed E-state index contributed by atoms with van der Waals surface area (Å²) >= 11 is 0. The molecule has 0 spiro atoms. The van der Waals surface area contributed by atoms with Crippen LogP contribution in [0.4, 0.5) is 0 Å². The number of aromatic nitrogens is 2. The van der Waals surface area contributed by atoms with E-state index in [2.05, 4.69) is 74.5 Å². The molecule has 0 unspecified atom stereocenters. The summed E-state index contributed by atoms with van der Waals surface area (Å²) in [4.78, 5) is 35.6. The minimum absolute atomic E-state index is 0.0743. The van der Waals surface area contributed by atoms with E-state index in [1.54, 1.807) is 10.6 Å². The van der Waals surface area contributed by atoms with E-state index in [0.717, 1.165) is 16.7 Å². The van der Waals surface area contributed by atoms with Crippen LogP contribution in [0.2, 0.25) is 0 Å². The maximum Gasteiger partial charge on any atom is 0.262 e. The number of amides is 1. The summed E-state index contributed by atoms with van der Waals surface area (Å²) in [5, 5.41) is 0.530. The Labute approximate surface area is 234 Å². The molecule has 5 aromatic rings. The summed E-state index contributed by atoms with van der Waals surface area (Å²) in [6, 6.07) is 33.8. The third kappa shape index (κ3) is 4.51. The summed E-state index contributed by atoms with van der Waals surface area (Å²) in [7, 11) is 0. The number of fused-ring (bicyclic) bond motifs is 2. The van der Waals surface area contributed by atoms with Crippen molar-refractivity contribution in [2.45, 2.75) is 51.7 Å². The Bertz CT molecular complexity index is 1690. The highest BCUT2D eigenvalue weighted by Gasteiger charge is 2.51. The lowest BCUT2D eigenvalue weighted by Crippen LogP contribution is -2.61. The highest BCUT2D eigenvalue weighted by Crippen LogP contribution is 2.42. The first-order chi connectivity index (χ1) is 19.4. The van der Waals surface area contributed by atoms with Crippen LogP contribution in [-0.2, 0) is 29.7 Å². The Morgan fingerprint density at radius 3 is 1.85 bits per heavy atom. The summed E-state index contributed by atoms with van der Waals surface area (Å²) in [6.07, 6.45) is 1.05. The predicted octanol–water partition coefficient (Wildman–Crippen LogP) is 6.30. The van der Waals surface area contributed by atoms with Crippen LogP contribution < -0.4 is 5.56 Å². The van der Waals surface area contributed by atoms with E-state index >= 15 is 0 Å². The zero-order chi connectivity index (χ0) is 27.9. The molecule has 0 N–H and O–H groups in total. The van der Waals surface area contributed by atoms with Gasteiger partial charge in [-0.05, 0) is 49.6 Å². The molecule has 1 aliphatic rings. The number of hydrogen-bond acceptors (Lipinski definition) is 3. The number of benzene rings is 4. The van der Waals surface area contributed by atoms with Gasteiger partial charge in [0.05, 0.1) is 10.9 Å². The quantitative estimate of drug-likeness (QED) is 0.261. The van der Waals surface area contributed by atoms with Crippen molar-refractivity contribution in [2.24, 2.45) is 0 Å². The molecule has 40 heavy (non-hydrogen) atoms. The largest absolute Gasteiger partial charge is 0.323 e. The molecule has 0 bridgehead atoms. The number of carbonyl (C=O) groups excluding carboxylic acids is 1. The van der Waals surface area contributed by atoms with Crippen molar-refractivity contribution in [2.75, 3.05) is 0 Å². The average Bonchev–Trinajstić information content (AvgIpc) is 2.97. The van der Waals surface area contributed by atoms with Gasteiger partial charge in [-0.1, -0.05) is 102 Å². The van der Waals surface area contributed by atoms with Crippen molar-refractivity contribution >= 4 is 16.8 Å². The van der Waals surface area contributed by atoms with Crippen LogP contribution in [0.1, 0.15) is 46.6 Å². The summed E-state index contributed by atoms with van der Waals surface area (Å²) < 4.78 is 1.66. The summed E-state index contributed by atoms with van der Waals surface area (Å²) in [5.41, 5.74) is 5.15. The maximum absolute atomic E-state index is 14.4. The van der Waals surface area contributed by atoms with Crippen LogP contribution in [0.25, 0.3) is 10.9 Å². The fourth-order valence-electron chi connectivity index (χ4n) is 6.00. The molecule has 1 amide bonds. The lowest BCUT2D eigenvalue weighted by Gasteiger charge is -2.50. The second-order valence-corrected chi connectivity index (χ2v) is 11.1. The van der Waals surface area contributed by atoms with Crippen LogP contribution in [0.15, 0.2) is 108 Å². The van der Waals surface area contributed by atoms with Gasteiger partial charge in [0.15, 0.2) is 0 Å². The minimum atomic E-state index is -0.896. The Hall–Kier alpha value is -4.51. The van der Waals surface area contributed by atoms with Gasteiger partial charge in [0.25, 0.3) is 5.56 Å². The maximum atomic E-state index is 14.4. The van der Waals surface area contributed by atoms with Gasteiger partial charge < -0.3 is 4.90 Å². The van der Waals surface area contributed by atoms with Crippen LogP contribution in [-0.4, -0.2) is 20.4 Å². The van der Waals surface area contributed by atoms with Gasteiger partial charge in [-0.25, -0.2) is 4.98 Å². The molecule has 0 saturated carbocycles. The van der Waals surface area contributed by atoms with E-state index in [4.69, 9.17) is 4.98 Å². The molecule has 200 valence electrons. The number of hydrogen-bond donors (Lipinski definition) is 0. The molecule has 0 fully saturated rings. The average molecular weight is 528 g/mol. The fraction of sp³-hybridized carbons (Fsp3) is 0.229. The Balaban J connectivity index is 1.66. The molecule has 2 heterocycles. The van der Waals surface area contributed by atoms with Crippen molar-refractivity contribution in [3.05, 3.63) is 147 Å². The normalized spacial score (nSPS) is 16.2. The Morgan fingerprint density at radius 2 is 1.25 bits per heavy atom. The van der Waals surface area contributed by atoms with E-state index in [1.165, 1.54) is 11.1 Å². The van der Waals surface area contributed by atoms with E-state index in [9.17, 15) is 9.59 Å². The smallest absolute Gasteiger partial charge is 0.262 e. The van der Waals surface area contributed by atoms with Gasteiger partial charge in [0.2, 0.25) is 5.91 Å². The first-order valence-electron chi connectivity index (χ1n) is 13.8. The van der Waals surface area contributed by atoms with E-state index in [-0.39, 0.29) is 11.5 Å². The van der Waals surface area contributed by atoms with Gasteiger partial charge in [0.1, 0.15) is 17.4 Å². The molecular formula is C35H33N3O2. The molecule has 4 aromatic carbocycles. The van der Waals surface area contributed by atoms with Crippen LogP contribution in [0.3, 0.4) is 0 Å². The molecule has 0 radical (unpaired) electrons. The zero-order valence-electron chi connectivity index (χ0n) is 23.2. The van der Waals surface area contributed by atoms with E-state index < -0.39 is 11.6 Å². The molecule has 0 aliphatic carbocycles. The fourth-order valence-corrected chi connectivity index (χ4v) is 6.00. The monoisotopic (exact) mass is 527 g/mol. The third-order valence-electron chi connectivity index (χ3n) is 8.17. The third-order valence-corrected chi connectivity index (χ3v) is 8.17. The number of nitrogens with zero attached hydrogens (tertiary/aromatic N) is 3. The first-order valence-corrected chi connectivity index (χ1v) is 13.8. The summed E-state index contributed by atoms with van der Waals surface area (Å²) in [6.45, 7) is 6.39. The minimum Gasteiger partial charge on any atom is -0.323 e. The summed E-state index contributed by atoms with van der Waals surface area (Å²) in [5.74, 6) is 0.565. The molecule has 6 rings (SSSR count). The van der Waals surface area contributed by atoms with Crippen LogP contribution >= 0.6 is 0 Å². The van der Waals surface area contributed by atoms with Gasteiger partial charge in [-0.3, -0.25) is 14.2 Å². The topological polar surface area (TPSA) is 55.2 Å². The molecule has 5 heteroatoms. The first kappa shape index (κ1) is 25.8. The Morgan fingerprint density at radius 1 is 0.700 bits per heavy atom. The molecule has 5 nitrogen and oxygen atoms in total. The highest BCUT2D eigenvalue weighted by molar-refractivity contribution is 5.84. The van der Waals surface area contributed by atoms with E-state index in [0.29, 0.717) is 36.1 Å². The number of para-hydroxylation sites is 1. The Kier molecular flexibility index (Phi) is 6.59. The second-order valence-electron chi connectivity index (χ2n) is 11.1. The molecule has 1 atom stereocenters. The van der Waals surface area contributed by atoms with E-state index in [1.807, 2.05) is 48.2 Å². The second kappa shape index (κ2) is 10.2. The number of carbonyl (C=O) groups is 1. The molecule has 1 aromatic heterocycles. The van der Waals surface area contributed by atoms with Crippen LogP contribution in [0, 0.1) is 13.8 Å². The van der Waals surface area contributed by atoms with Gasteiger partial charge in [-0.2, -0.15) is 0 Å².